The molecule has 3 aliphatic rings. The van der Waals surface area contributed by atoms with Crippen molar-refractivity contribution in [3.05, 3.63) is 90.1 Å². The molecular formula is C27H28N2O2. The summed E-state index contributed by atoms with van der Waals surface area (Å²) in [5.41, 5.74) is 3.53. The van der Waals surface area contributed by atoms with E-state index in [0.717, 1.165) is 41.5 Å². The topological polar surface area (TPSA) is 42.4 Å². The standard InChI is InChI=1S/C27H28N2O2/c1-3-19-17-29-15-13-20(19)16-25(29)26(31-27(30)21-9-5-4-8-18(21)2)23-12-14-28-24-11-7-6-10-22(23)24/h3-12,14,19-20,25-26H,1,13,15-17H2,2H3/t19-,20-,25-,26+/m0/s1. The van der Waals surface area contributed by atoms with Gasteiger partial charge in [0.05, 0.1) is 17.1 Å². The van der Waals surface area contributed by atoms with E-state index in [1.54, 1.807) is 0 Å². The molecule has 2 bridgehead atoms. The molecule has 2 aromatic carbocycles. The molecule has 0 radical (unpaired) electrons. The van der Waals surface area contributed by atoms with Crippen LogP contribution in [0.15, 0.2) is 73.4 Å². The minimum absolute atomic E-state index is 0.161. The van der Waals surface area contributed by atoms with Crippen molar-refractivity contribution in [2.45, 2.75) is 31.9 Å². The number of esters is 1. The third-order valence-corrected chi connectivity index (χ3v) is 7.09. The van der Waals surface area contributed by atoms with Crippen LogP contribution in [0.4, 0.5) is 0 Å². The van der Waals surface area contributed by atoms with Crippen LogP contribution in [0.5, 0.6) is 0 Å². The summed E-state index contributed by atoms with van der Waals surface area (Å²) in [6.07, 6.45) is 5.79. The maximum Gasteiger partial charge on any atom is 0.339 e. The van der Waals surface area contributed by atoms with Gasteiger partial charge in [0.1, 0.15) is 6.10 Å². The molecule has 0 saturated carbocycles. The number of hydrogen-bond donors (Lipinski definition) is 0. The SMILES string of the molecule is C=C[C@H]1CN2CC[C@H]1C[C@H]2[C@H](OC(=O)c1ccccc1C)c1ccnc2ccccc12. The molecule has 1 unspecified atom stereocenters. The summed E-state index contributed by atoms with van der Waals surface area (Å²) in [7, 11) is 0. The van der Waals surface area contributed by atoms with Gasteiger partial charge in [0.25, 0.3) is 0 Å². The predicted molar refractivity (Wildman–Crippen MR) is 123 cm³/mol. The summed E-state index contributed by atoms with van der Waals surface area (Å²) < 4.78 is 6.34. The Balaban J connectivity index is 1.55. The molecule has 4 heterocycles. The van der Waals surface area contributed by atoms with Gasteiger partial charge in [-0.3, -0.25) is 9.88 Å². The molecule has 3 fully saturated rings. The normalized spacial score (nSPS) is 25.8. The molecular weight excluding hydrogens is 384 g/mol. The minimum Gasteiger partial charge on any atom is -0.452 e. The zero-order valence-corrected chi connectivity index (χ0v) is 17.9. The van der Waals surface area contributed by atoms with E-state index in [4.69, 9.17) is 4.74 Å². The first-order valence-electron chi connectivity index (χ1n) is 11.1. The van der Waals surface area contributed by atoms with Crippen molar-refractivity contribution in [2.75, 3.05) is 13.1 Å². The molecule has 4 nitrogen and oxygen atoms in total. The van der Waals surface area contributed by atoms with Crippen LogP contribution in [0.3, 0.4) is 0 Å². The smallest absolute Gasteiger partial charge is 0.339 e. The number of rotatable bonds is 5. The van der Waals surface area contributed by atoms with Crippen molar-refractivity contribution < 1.29 is 9.53 Å². The molecule has 0 spiro atoms. The first-order valence-corrected chi connectivity index (χ1v) is 11.1. The lowest BCUT2D eigenvalue weighted by molar-refractivity contribution is -0.0568. The molecule has 5 atom stereocenters. The van der Waals surface area contributed by atoms with Gasteiger partial charge in [-0.05, 0) is 61.9 Å². The van der Waals surface area contributed by atoms with Crippen LogP contribution >= 0.6 is 0 Å². The number of aromatic nitrogens is 1. The maximum atomic E-state index is 13.3. The fourth-order valence-electron chi connectivity index (χ4n) is 5.39. The van der Waals surface area contributed by atoms with Gasteiger partial charge in [0.15, 0.2) is 0 Å². The number of ether oxygens (including phenoxy) is 1. The van der Waals surface area contributed by atoms with E-state index in [9.17, 15) is 4.79 Å². The van der Waals surface area contributed by atoms with E-state index in [-0.39, 0.29) is 18.1 Å². The lowest BCUT2D eigenvalue weighted by Crippen LogP contribution is -2.55. The fraction of sp³-hybridized carbons (Fsp3) is 0.333. The molecule has 4 heteroatoms. The Morgan fingerprint density at radius 2 is 2.00 bits per heavy atom. The number of pyridine rings is 1. The van der Waals surface area contributed by atoms with E-state index in [2.05, 4.69) is 28.6 Å². The largest absolute Gasteiger partial charge is 0.452 e. The van der Waals surface area contributed by atoms with Gasteiger partial charge in [-0.2, -0.15) is 0 Å². The van der Waals surface area contributed by atoms with E-state index in [0.29, 0.717) is 17.4 Å². The van der Waals surface area contributed by atoms with Crippen LogP contribution in [-0.4, -0.2) is 35.0 Å². The lowest BCUT2D eigenvalue weighted by Gasteiger charge is -2.51. The first kappa shape index (κ1) is 20.0. The molecule has 6 rings (SSSR count). The second kappa shape index (κ2) is 8.27. The van der Waals surface area contributed by atoms with Gasteiger partial charge in [0.2, 0.25) is 0 Å². The third-order valence-electron chi connectivity index (χ3n) is 7.09. The van der Waals surface area contributed by atoms with Gasteiger partial charge < -0.3 is 4.74 Å². The van der Waals surface area contributed by atoms with Crippen molar-refractivity contribution in [3.63, 3.8) is 0 Å². The molecule has 3 aliphatic heterocycles. The van der Waals surface area contributed by atoms with E-state index < -0.39 is 0 Å². The Hall–Kier alpha value is -2.98. The van der Waals surface area contributed by atoms with Crippen molar-refractivity contribution in [1.82, 2.24) is 9.88 Å². The van der Waals surface area contributed by atoms with Gasteiger partial charge in [-0.1, -0.05) is 42.5 Å². The summed E-state index contributed by atoms with van der Waals surface area (Å²) in [6.45, 7) is 8.03. The Bertz CT molecular complexity index is 1120. The van der Waals surface area contributed by atoms with Crippen molar-refractivity contribution in [1.29, 1.82) is 0 Å². The number of fused-ring (bicyclic) bond motifs is 4. The Morgan fingerprint density at radius 3 is 2.77 bits per heavy atom. The average molecular weight is 413 g/mol. The van der Waals surface area contributed by atoms with Crippen molar-refractivity contribution in [2.24, 2.45) is 11.8 Å². The fourth-order valence-corrected chi connectivity index (χ4v) is 5.39. The van der Waals surface area contributed by atoms with Crippen LogP contribution in [0.1, 0.15) is 40.4 Å². The van der Waals surface area contributed by atoms with E-state index in [1.165, 1.54) is 6.42 Å². The second-order valence-corrected chi connectivity index (χ2v) is 8.80. The number of piperidine rings is 3. The number of para-hydroxylation sites is 1. The van der Waals surface area contributed by atoms with Crippen LogP contribution in [-0.2, 0) is 4.74 Å². The monoisotopic (exact) mass is 412 g/mol. The molecule has 0 N–H and O–H groups in total. The third kappa shape index (κ3) is 3.66. The lowest BCUT2D eigenvalue weighted by atomic mass is 9.73. The van der Waals surface area contributed by atoms with Crippen LogP contribution in [0.25, 0.3) is 10.9 Å². The van der Waals surface area contributed by atoms with Crippen molar-refractivity contribution in [3.8, 4) is 0 Å². The Kier molecular flexibility index (Phi) is 5.33. The highest BCUT2D eigenvalue weighted by atomic mass is 16.5. The molecule has 3 aromatic rings. The minimum atomic E-state index is -0.339. The van der Waals surface area contributed by atoms with Crippen molar-refractivity contribution >= 4 is 16.9 Å². The molecule has 1 aromatic heterocycles. The highest BCUT2D eigenvalue weighted by Crippen LogP contribution is 2.43. The molecule has 158 valence electrons. The number of aryl methyl sites for hydroxylation is 1. The molecule has 31 heavy (non-hydrogen) atoms. The summed E-state index contributed by atoms with van der Waals surface area (Å²) in [5.74, 6) is 0.860. The number of nitrogens with zero attached hydrogens (tertiary/aromatic N) is 2. The summed E-state index contributed by atoms with van der Waals surface area (Å²) in [5, 5.41) is 1.05. The highest BCUT2D eigenvalue weighted by Gasteiger charge is 2.44. The number of benzene rings is 2. The quantitative estimate of drug-likeness (QED) is 0.419. The second-order valence-electron chi connectivity index (χ2n) is 8.80. The van der Waals surface area contributed by atoms with Crippen LogP contribution < -0.4 is 0 Å². The predicted octanol–water partition coefficient (Wildman–Crippen LogP) is 5.34. The number of carbonyl (C=O) groups excluding carboxylic acids is 1. The molecule has 0 amide bonds. The van der Waals surface area contributed by atoms with Gasteiger partial charge in [-0.25, -0.2) is 4.79 Å². The number of carbonyl (C=O) groups is 1. The van der Waals surface area contributed by atoms with Crippen LogP contribution in [0.2, 0.25) is 0 Å². The summed E-state index contributed by atoms with van der Waals surface area (Å²) >= 11 is 0. The maximum absolute atomic E-state index is 13.3. The van der Waals surface area contributed by atoms with Gasteiger partial charge >= 0.3 is 5.97 Å². The molecule has 3 saturated heterocycles. The zero-order valence-electron chi connectivity index (χ0n) is 17.9. The Morgan fingerprint density at radius 1 is 1.19 bits per heavy atom. The summed E-state index contributed by atoms with van der Waals surface area (Å²) in [6, 6.07) is 17.9. The van der Waals surface area contributed by atoms with Crippen LogP contribution in [0, 0.1) is 18.8 Å². The van der Waals surface area contributed by atoms with Gasteiger partial charge in [-0.15, -0.1) is 6.58 Å². The first-order chi connectivity index (χ1) is 15.2. The number of hydrogen-bond acceptors (Lipinski definition) is 4. The Labute approximate surface area is 183 Å². The summed E-state index contributed by atoms with van der Waals surface area (Å²) in [4.78, 5) is 20.3. The van der Waals surface area contributed by atoms with Gasteiger partial charge in [0, 0.05) is 23.7 Å². The highest BCUT2D eigenvalue weighted by molar-refractivity contribution is 5.91. The van der Waals surface area contributed by atoms with E-state index >= 15 is 0 Å². The average Bonchev–Trinajstić information content (AvgIpc) is 2.82. The van der Waals surface area contributed by atoms with E-state index in [1.807, 2.05) is 61.7 Å². The zero-order chi connectivity index (χ0) is 21.4. The molecule has 0 aliphatic carbocycles.